The van der Waals surface area contributed by atoms with Crippen molar-refractivity contribution < 1.29 is 18.8 Å². The predicted octanol–water partition coefficient (Wildman–Crippen LogP) is 3.05. The van der Waals surface area contributed by atoms with E-state index in [0.717, 1.165) is 16.8 Å². The van der Waals surface area contributed by atoms with Crippen LogP contribution < -0.4 is 20.8 Å². The van der Waals surface area contributed by atoms with E-state index in [0.29, 0.717) is 18.0 Å². The largest absolute Gasteiger partial charge is 0.563 e. The number of ether oxygens (including phenoxy) is 1. The van der Waals surface area contributed by atoms with Crippen LogP contribution in [0.15, 0.2) is 60.9 Å². The topological polar surface area (TPSA) is 68.8 Å². The quantitative estimate of drug-likeness (QED) is 0.799. The van der Waals surface area contributed by atoms with Gasteiger partial charge in [0.1, 0.15) is 11.4 Å². The molecule has 0 radical (unpaired) electrons. The molecule has 6 nitrogen and oxygen atoms in total. The van der Waals surface area contributed by atoms with Gasteiger partial charge in [-0.15, -0.1) is 0 Å². The van der Waals surface area contributed by atoms with Gasteiger partial charge < -0.3 is 24.7 Å². The Morgan fingerprint density at radius 3 is 2.37 bits per heavy atom. The summed E-state index contributed by atoms with van der Waals surface area (Å²) in [5, 5.41) is 5.62. The van der Waals surface area contributed by atoms with Crippen molar-refractivity contribution in [3.05, 3.63) is 66.4 Å². The van der Waals surface area contributed by atoms with E-state index >= 15 is 0 Å². The number of hydrogen-bond donors (Lipinski definition) is 2. The normalized spacial score (nSPS) is 15.2. The number of carbonyl (C=O) groups is 1. The fraction of sp³-hybridized carbons (Fsp3) is 0.250. The fourth-order valence-corrected chi connectivity index (χ4v) is 2.59. The van der Waals surface area contributed by atoms with Gasteiger partial charge in [-0.05, 0) is 49.1 Å². The molecular weight excluding hydrogens is 343 g/mol. The predicted molar refractivity (Wildman–Crippen MR) is 106 cm³/mol. The molecule has 2 aromatic carbocycles. The minimum Gasteiger partial charge on any atom is -0.534 e. The Morgan fingerprint density at radius 2 is 1.81 bits per heavy atom. The van der Waals surface area contributed by atoms with E-state index in [4.69, 9.17) is 14.0 Å². The van der Waals surface area contributed by atoms with Crippen LogP contribution in [-0.4, -0.2) is 25.9 Å². The van der Waals surface area contributed by atoms with Crippen molar-refractivity contribution in [2.24, 2.45) is 0 Å². The fourth-order valence-electron chi connectivity index (χ4n) is 2.59. The number of anilines is 1. The van der Waals surface area contributed by atoms with Crippen molar-refractivity contribution in [2.75, 3.05) is 12.4 Å². The SMILES string of the molecule is C=C1OB(c2ccc(NC(=O)NCc3ccc(OC)cc3)cc2)OC1(C)C. The lowest BCUT2D eigenvalue weighted by Crippen LogP contribution is -2.34. The van der Waals surface area contributed by atoms with Gasteiger partial charge in [-0.25, -0.2) is 4.79 Å². The second-order valence-electron chi connectivity index (χ2n) is 6.78. The average Bonchev–Trinajstić information content (AvgIpc) is 2.94. The summed E-state index contributed by atoms with van der Waals surface area (Å²) in [7, 11) is 1.14. The van der Waals surface area contributed by atoms with Crippen LogP contribution in [0.5, 0.6) is 5.75 Å². The number of amides is 2. The molecule has 1 aliphatic rings. The molecule has 0 unspecified atom stereocenters. The highest BCUT2D eigenvalue weighted by Crippen LogP contribution is 2.29. The summed E-state index contributed by atoms with van der Waals surface area (Å²) >= 11 is 0. The number of hydrogen-bond acceptors (Lipinski definition) is 4. The molecule has 1 aliphatic heterocycles. The van der Waals surface area contributed by atoms with Crippen LogP contribution >= 0.6 is 0 Å². The summed E-state index contributed by atoms with van der Waals surface area (Å²) < 4.78 is 16.6. The van der Waals surface area contributed by atoms with Crippen LogP contribution in [0.25, 0.3) is 0 Å². The van der Waals surface area contributed by atoms with Gasteiger partial charge in [-0.1, -0.05) is 30.8 Å². The Labute approximate surface area is 159 Å². The number of nitrogens with one attached hydrogen (secondary N) is 2. The monoisotopic (exact) mass is 366 g/mol. The highest BCUT2D eigenvalue weighted by atomic mass is 16.7. The molecule has 2 aromatic rings. The summed E-state index contributed by atoms with van der Waals surface area (Å²) in [5.41, 5.74) is 2.02. The van der Waals surface area contributed by atoms with Crippen LogP contribution in [0.3, 0.4) is 0 Å². The van der Waals surface area contributed by atoms with E-state index < -0.39 is 12.7 Å². The Morgan fingerprint density at radius 1 is 1.15 bits per heavy atom. The molecule has 0 saturated carbocycles. The maximum Gasteiger partial charge on any atom is 0.563 e. The molecule has 0 spiro atoms. The lowest BCUT2D eigenvalue weighted by molar-refractivity contribution is 0.173. The molecule has 0 aromatic heterocycles. The maximum absolute atomic E-state index is 12.1. The number of benzene rings is 2. The highest BCUT2D eigenvalue weighted by Gasteiger charge is 2.42. The molecule has 7 heteroatoms. The van der Waals surface area contributed by atoms with E-state index in [1.807, 2.05) is 62.4 Å². The molecule has 3 rings (SSSR count). The Hall–Kier alpha value is -2.93. The first kappa shape index (κ1) is 18.9. The summed E-state index contributed by atoms with van der Waals surface area (Å²) in [6.45, 7) is 8.13. The smallest absolute Gasteiger partial charge is 0.534 e. The number of urea groups is 1. The third kappa shape index (κ3) is 4.62. The first-order valence-corrected chi connectivity index (χ1v) is 8.69. The second kappa shape index (κ2) is 7.76. The third-order valence-electron chi connectivity index (χ3n) is 4.38. The van der Waals surface area contributed by atoms with Crippen LogP contribution in [0.1, 0.15) is 19.4 Å². The lowest BCUT2D eigenvalue weighted by Gasteiger charge is -2.15. The van der Waals surface area contributed by atoms with E-state index in [1.165, 1.54) is 0 Å². The second-order valence-corrected chi connectivity index (χ2v) is 6.78. The number of methoxy groups -OCH3 is 1. The summed E-state index contributed by atoms with van der Waals surface area (Å²) in [5.74, 6) is 1.39. The minimum absolute atomic E-state index is 0.276. The summed E-state index contributed by atoms with van der Waals surface area (Å²) in [6.07, 6.45) is 0. The van der Waals surface area contributed by atoms with Gasteiger partial charge >= 0.3 is 13.1 Å². The summed E-state index contributed by atoms with van der Waals surface area (Å²) in [6, 6.07) is 14.6. The van der Waals surface area contributed by atoms with Crippen molar-refractivity contribution in [3.63, 3.8) is 0 Å². The van der Waals surface area contributed by atoms with Gasteiger partial charge in [0.2, 0.25) is 0 Å². The van der Waals surface area contributed by atoms with Crippen molar-refractivity contribution >= 4 is 24.3 Å². The first-order valence-electron chi connectivity index (χ1n) is 8.69. The zero-order chi connectivity index (χ0) is 19.4. The van der Waals surface area contributed by atoms with Gasteiger partial charge in [0.15, 0.2) is 0 Å². The van der Waals surface area contributed by atoms with Crippen molar-refractivity contribution in [1.82, 2.24) is 5.32 Å². The van der Waals surface area contributed by atoms with E-state index in [1.54, 1.807) is 7.11 Å². The van der Waals surface area contributed by atoms with E-state index in [-0.39, 0.29) is 6.03 Å². The maximum atomic E-state index is 12.1. The standard InChI is InChI=1S/C20H23BN2O4/c1-14-20(2,3)27-21(26-14)16-7-9-17(10-8-16)23-19(24)22-13-15-5-11-18(25-4)12-6-15/h5-12H,1,13H2,2-4H3,(H2,22,23,24). The molecule has 27 heavy (non-hydrogen) atoms. The van der Waals surface area contributed by atoms with Gasteiger partial charge in [0.05, 0.1) is 12.9 Å². The van der Waals surface area contributed by atoms with E-state index in [9.17, 15) is 4.79 Å². The van der Waals surface area contributed by atoms with Gasteiger partial charge in [0.25, 0.3) is 0 Å². The number of carbonyl (C=O) groups excluding carboxylic acids is 1. The van der Waals surface area contributed by atoms with Crippen molar-refractivity contribution in [3.8, 4) is 5.75 Å². The number of rotatable bonds is 5. The molecule has 0 bridgehead atoms. The molecule has 1 heterocycles. The minimum atomic E-state index is -0.511. The van der Waals surface area contributed by atoms with Gasteiger partial charge in [-0.3, -0.25) is 0 Å². The molecular formula is C20H23BN2O4. The van der Waals surface area contributed by atoms with Crippen LogP contribution in [0.2, 0.25) is 0 Å². The Balaban J connectivity index is 1.52. The third-order valence-corrected chi connectivity index (χ3v) is 4.38. The van der Waals surface area contributed by atoms with Gasteiger partial charge in [-0.2, -0.15) is 0 Å². The zero-order valence-corrected chi connectivity index (χ0v) is 15.7. The molecule has 0 atom stereocenters. The average molecular weight is 366 g/mol. The highest BCUT2D eigenvalue weighted by molar-refractivity contribution is 6.62. The molecule has 1 saturated heterocycles. The van der Waals surface area contributed by atoms with Gasteiger partial charge in [0, 0.05) is 12.2 Å². The van der Waals surface area contributed by atoms with Crippen LogP contribution in [0.4, 0.5) is 10.5 Å². The summed E-state index contributed by atoms with van der Waals surface area (Å²) in [4.78, 5) is 12.1. The molecule has 2 N–H and O–H groups in total. The molecule has 2 amide bonds. The van der Waals surface area contributed by atoms with E-state index in [2.05, 4.69) is 17.2 Å². The first-order chi connectivity index (χ1) is 12.9. The van der Waals surface area contributed by atoms with Crippen LogP contribution in [-0.2, 0) is 15.9 Å². The van der Waals surface area contributed by atoms with Crippen molar-refractivity contribution in [2.45, 2.75) is 26.0 Å². The lowest BCUT2D eigenvalue weighted by atomic mass is 9.79. The Kier molecular flexibility index (Phi) is 5.42. The molecule has 1 fully saturated rings. The molecule has 140 valence electrons. The van der Waals surface area contributed by atoms with Crippen molar-refractivity contribution in [1.29, 1.82) is 0 Å². The Bertz CT molecular complexity index is 819. The molecule has 0 aliphatic carbocycles. The zero-order valence-electron chi connectivity index (χ0n) is 15.7. The van der Waals surface area contributed by atoms with Crippen LogP contribution in [0, 0.1) is 0 Å².